The first-order chi connectivity index (χ1) is 11.2. The van der Waals surface area contributed by atoms with Crippen LogP contribution in [0.2, 0.25) is 5.02 Å². The highest BCUT2D eigenvalue weighted by molar-refractivity contribution is 6.30. The predicted octanol–water partition coefficient (Wildman–Crippen LogP) is 4.00. The van der Waals surface area contributed by atoms with Crippen LogP contribution >= 0.6 is 11.6 Å². The van der Waals surface area contributed by atoms with E-state index in [1.165, 1.54) is 19.4 Å². The Labute approximate surface area is 142 Å². The van der Waals surface area contributed by atoms with Crippen molar-refractivity contribution in [1.29, 1.82) is 0 Å². The first-order valence-corrected chi connectivity index (χ1v) is 8.62. The van der Waals surface area contributed by atoms with Gasteiger partial charge in [-0.2, -0.15) is 0 Å². The maximum atomic E-state index is 5.95. The molecule has 2 heterocycles. The molecule has 0 aliphatic carbocycles. The van der Waals surface area contributed by atoms with Gasteiger partial charge in [0, 0.05) is 23.2 Å². The van der Waals surface area contributed by atoms with Gasteiger partial charge >= 0.3 is 0 Å². The zero-order valence-electron chi connectivity index (χ0n) is 13.7. The standard InChI is InChI=1S/C18H23ClN4/c1-3-23-10-4-5-16(12-23)20-17-11-13(2)18(22-21-17)14-6-8-15(19)9-7-14/h6-9,11,16H,3-5,10,12H2,1-2H3,(H,20,21)/t16-/m1/s1. The molecule has 0 saturated carbocycles. The van der Waals surface area contributed by atoms with E-state index >= 15 is 0 Å². The molecule has 0 spiro atoms. The van der Waals surface area contributed by atoms with Crippen LogP contribution in [0.3, 0.4) is 0 Å². The van der Waals surface area contributed by atoms with E-state index in [0.717, 1.165) is 40.8 Å². The number of rotatable bonds is 4. The van der Waals surface area contributed by atoms with Crippen LogP contribution < -0.4 is 5.32 Å². The molecule has 1 saturated heterocycles. The second kappa shape index (κ2) is 7.28. The largest absolute Gasteiger partial charge is 0.365 e. The fourth-order valence-electron chi connectivity index (χ4n) is 3.12. The number of likely N-dealkylation sites (tertiary alicyclic amines) is 1. The fourth-order valence-corrected chi connectivity index (χ4v) is 3.24. The highest BCUT2D eigenvalue weighted by Crippen LogP contribution is 2.24. The van der Waals surface area contributed by atoms with E-state index in [2.05, 4.69) is 40.3 Å². The zero-order valence-corrected chi connectivity index (χ0v) is 14.5. The van der Waals surface area contributed by atoms with Gasteiger partial charge in [-0.1, -0.05) is 30.7 Å². The molecule has 0 unspecified atom stereocenters. The van der Waals surface area contributed by atoms with Crippen molar-refractivity contribution in [2.75, 3.05) is 25.0 Å². The maximum Gasteiger partial charge on any atom is 0.149 e. The summed E-state index contributed by atoms with van der Waals surface area (Å²) in [5, 5.41) is 13.1. The second-order valence-electron chi connectivity index (χ2n) is 6.14. The molecule has 1 atom stereocenters. The van der Waals surface area contributed by atoms with E-state index in [1.54, 1.807) is 0 Å². The molecule has 1 aliphatic heterocycles. The summed E-state index contributed by atoms with van der Waals surface area (Å²) in [5.41, 5.74) is 3.07. The molecule has 0 amide bonds. The molecule has 1 aromatic carbocycles. The third-order valence-electron chi connectivity index (χ3n) is 4.41. The molecule has 23 heavy (non-hydrogen) atoms. The van der Waals surface area contributed by atoms with Crippen LogP contribution in [-0.4, -0.2) is 40.8 Å². The van der Waals surface area contributed by atoms with E-state index in [1.807, 2.05) is 24.3 Å². The maximum absolute atomic E-state index is 5.95. The fraction of sp³-hybridized carbons (Fsp3) is 0.444. The number of piperidine rings is 1. The Morgan fingerprint density at radius 2 is 2.04 bits per heavy atom. The molecule has 0 bridgehead atoms. The van der Waals surface area contributed by atoms with Crippen molar-refractivity contribution in [2.24, 2.45) is 0 Å². The lowest BCUT2D eigenvalue weighted by molar-refractivity contribution is 0.226. The Kier molecular flexibility index (Phi) is 5.13. The number of aromatic nitrogens is 2. The van der Waals surface area contributed by atoms with Crippen LogP contribution in [0.4, 0.5) is 5.82 Å². The van der Waals surface area contributed by atoms with Crippen LogP contribution in [0.15, 0.2) is 30.3 Å². The smallest absolute Gasteiger partial charge is 0.149 e. The monoisotopic (exact) mass is 330 g/mol. The summed E-state index contributed by atoms with van der Waals surface area (Å²) in [4.78, 5) is 2.48. The van der Waals surface area contributed by atoms with Gasteiger partial charge in [-0.3, -0.25) is 0 Å². The minimum atomic E-state index is 0.457. The lowest BCUT2D eigenvalue weighted by Crippen LogP contribution is -2.42. The Morgan fingerprint density at radius 1 is 1.26 bits per heavy atom. The summed E-state index contributed by atoms with van der Waals surface area (Å²) in [6, 6.07) is 10.3. The summed E-state index contributed by atoms with van der Waals surface area (Å²) in [7, 11) is 0. The summed E-state index contributed by atoms with van der Waals surface area (Å²) in [6.07, 6.45) is 2.43. The van der Waals surface area contributed by atoms with Crippen molar-refractivity contribution in [3.05, 3.63) is 40.9 Å². The first kappa shape index (κ1) is 16.2. The average Bonchev–Trinajstić information content (AvgIpc) is 2.56. The highest BCUT2D eigenvalue weighted by Gasteiger charge is 2.19. The Morgan fingerprint density at radius 3 is 2.74 bits per heavy atom. The number of nitrogens with one attached hydrogen (secondary N) is 1. The molecule has 4 nitrogen and oxygen atoms in total. The van der Waals surface area contributed by atoms with Crippen molar-refractivity contribution in [1.82, 2.24) is 15.1 Å². The number of anilines is 1. The first-order valence-electron chi connectivity index (χ1n) is 8.25. The summed E-state index contributed by atoms with van der Waals surface area (Å²) < 4.78 is 0. The molecule has 1 fully saturated rings. The zero-order chi connectivity index (χ0) is 16.2. The lowest BCUT2D eigenvalue weighted by atomic mass is 10.1. The van der Waals surface area contributed by atoms with E-state index in [0.29, 0.717) is 6.04 Å². The topological polar surface area (TPSA) is 41.0 Å². The van der Waals surface area contributed by atoms with Crippen LogP contribution in [0.1, 0.15) is 25.3 Å². The number of halogens is 1. The van der Waals surface area contributed by atoms with Gasteiger partial charge in [0.05, 0.1) is 5.69 Å². The minimum Gasteiger partial charge on any atom is -0.365 e. The van der Waals surface area contributed by atoms with Crippen LogP contribution in [0.25, 0.3) is 11.3 Å². The van der Waals surface area contributed by atoms with Gasteiger partial charge in [-0.15, -0.1) is 10.2 Å². The molecule has 2 aromatic rings. The summed E-state index contributed by atoms with van der Waals surface area (Å²) in [6.45, 7) is 7.68. The molecule has 1 aromatic heterocycles. The number of hydrogen-bond donors (Lipinski definition) is 1. The van der Waals surface area contributed by atoms with Crippen LogP contribution in [0, 0.1) is 6.92 Å². The number of nitrogens with zero attached hydrogens (tertiary/aromatic N) is 3. The van der Waals surface area contributed by atoms with Gasteiger partial charge in [0.25, 0.3) is 0 Å². The molecule has 5 heteroatoms. The molecule has 1 aliphatic rings. The Bertz CT molecular complexity index is 657. The Hall–Kier alpha value is -1.65. The predicted molar refractivity (Wildman–Crippen MR) is 96.0 cm³/mol. The van der Waals surface area contributed by atoms with Gasteiger partial charge in [0.2, 0.25) is 0 Å². The van der Waals surface area contributed by atoms with E-state index in [4.69, 9.17) is 11.6 Å². The minimum absolute atomic E-state index is 0.457. The van der Waals surface area contributed by atoms with E-state index in [-0.39, 0.29) is 0 Å². The third-order valence-corrected chi connectivity index (χ3v) is 4.66. The average molecular weight is 331 g/mol. The quantitative estimate of drug-likeness (QED) is 0.920. The SMILES string of the molecule is CCN1CCC[C@@H](Nc2cc(C)c(-c3ccc(Cl)cc3)nn2)C1. The van der Waals surface area contributed by atoms with Crippen LogP contribution in [-0.2, 0) is 0 Å². The van der Waals surface area contributed by atoms with E-state index < -0.39 is 0 Å². The number of aryl methyl sites for hydroxylation is 1. The van der Waals surface area contributed by atoms with Crippen molar-refractivity contribution in [3.63, 3.8) is 0 Å². The molecule has 0 radical (unpaired) electrons. The number of likely N-dealkylation sites (N-methyl/N-ethyl adjacent to an activating group) is 1. The summed E-state index contributed by atoms with van der Waals surface area (Å²) >= 11 is 5.95. The molecule has 3 rings (SSSR count). The summed E-state index contributed by atoms with van der Waals surface area (Å²) in [5.74, 6) is 0.864. The van der Waals surface area contributed by atoms with Gasteiger partial charge < -0.3 is 10.2 Å². The molecule has 1 N–H and O–H groups in total. The van der Waals surface area contributed by atoms with E-state index in [9.17, 15) is 0 Å². The van der Waals surface area contributed by atoms with Crippen molar-refractivity contribution in [2.45, 2.75) is 32.7 Å². The number of benzene rings is 1. The van der Waals surface area contributed by atoms with Gasteiger partial charge in [-0.25, -0.2) is 0 Å². The highest BCUT2D eigenvalue weighted by atomic mass is 35.5. The van der Waals surface area contributed by atoms with Gasteiger partial charge in [-0.05, 0) is 56.6 Å². The van der Waals surface area contributed by atoms with Crippen LogP contribution in [0.5, 0.6) is 0 Å². The van der Waals surface area contributed by atoms with Crippen molar-refractivity contribution in [3.8, 4) is 11.3 Å². The second-order valence-corrected chi connectivity index (χ2v) is 6.58. The van der Waals surface area contributed by atoms with Gasteiger partial charge in [0.1, 0.15) is 5.82 Å². The van der Waals surface area contributed by atoms with Crippen molar-refractivity contribution >= 4 is 17.4 Å². The Balaban J connectivity index is 1.73. The molecular weight excluding hydrogens is 308 g/mol. The number of hydrogen-bond acceptors (Lipinski definition) is 4. The molecular formula is C18H23ClN4. The van der Waals surface area contributed by atoms with Gasteiger partial charge in [0.15, 0.2) is 0 Å². The molecule has 122 valence electrons. The lowest BCUT2D eigenvalue weighted by Gasteiger charge is -2.32. The third kappa shape index (κ3) is 4.01. The normalized spacial score (nSPS) is 18.8. The van der Waals surface area contributed by atoms with Crippen molar-refractivity contribution < 1.29 is 0 Å².